The van der Waals surface area contributed by atoms with Crippen LogP contribution in [0.4, 0.5) is 0 Å². The first-order valence-corrected chi connectivity index (χ1v) is 10.8. The lowest BCUT2D eigenvalue weighted by atomic mass is 10.0. The molecule has 0 aliphatic heterocycles. The van der Waals surface area contributed by atoms with Gasteiger partial charge in [0.25, 0.3) is 0 Å². The number of hydrogen-bond acceptors (Lipinski definition) is 1. The topological polar surface area (TPSA) is 9.23 Å². The van der Waals surface area contributed by atoms with Gasteiger partial charge in [-0.1, -0.05) is 62.7 Å². The van der Waals surface area contributed by atoms with Crippen LogP contribution in [0, 0.1) is 11.8 Å². The van der Waals surface area contributed by atoms with Crippen LogP contribution < -0.4 is 4.74 Å². The van der Waals surface area contributed by atoms with E-state index in [0.29, 0.717) is 0 Å². The molecule has 0 radical (unpaired) electrons. The van der Waals surface area contributed by atoms with Crippen LogP contribution in [0.3, 0.4) is 0 Å². The predicted octanol–water partition coefficient (Wildman–Crippen LogP) is 7.33. The number of ether oxygens (including phenoxy) is 1. The van der Waals surface area contributed by atoms with Crippen LogP contribution in [-0.2, 0) is 6.42 Å². The van der Waals surface area contributed by atoms with Gasteiger partial charge in [0, 0.05) is 11.1 Å². The summed E-state index contributed by atoms with van der Waals surface area (Å²) in [6.07, 6.45) is 12.9. The van der Waals surface area contributed by atoms with Crippen molar-refractivity contribution in [1.82, 2.24) is 0 Å². The van der Waals surface area contributed by atoms with Gasteiger partial charge < -0.3 is 4.74 Å². The van der Waals surface area contributed by atoms with Crippen molar-refractivity contribution in [3.8, 4) is 17.6 Å². The molecule has 2 aromatic rings. The van der Waals surface area contributed by atoms with E-state index in [2.05, 4.69) is 49.6 Å². The Morgan fingerprint density at radius 3 is 2.07 bits per heavy atom. The monoisotopic (exact) mass is 374 g/mol. The number of benzene rings is 2. The lowest BCUT2D eigenvalue weighted by molar-refractivity contribution is 0.305. The van der Waals surface area contributed by atoms with E-state index in [1.54, 1.807) is 0 Å². The molecule has 0 atom stereocenters. The molecule has 28 heavy (non-hydrogen) atoms. The molecule has 1 heteroatoms. The average molecular weight is 375 g/mol. The van der Waals surface area contributed by atoms with Crippen molar-refractivity contribution in [3.05, 3.63) is 77.9 Å². The Hall–Kier alpha value is -2.46. The summed E-state index contributed by atoms with van der Waals surface area (Å²) in [5.74, 6) is 7.43. The molecular formula is C27H34O. The van der Waals surface area contributed by atoms with E-state index in [1.165, 1.54) is 44.1 Å². The van der Waals surface area contributed by atoms with Crippen molar-refractivity contribution in [2.45, 2.75) is 64.7 Å². The highest BCUT2D eigenvalue weighted by molar-refractivity contribution is 5.44. The van der Waals surface area contributed by atoms with Crippen LogP contribution in [0.1, 0.15) is 75.0 Å². The largest absolute Gasteiger partial charge is 0.494 e. The quantitative estimate of drug-likeness (QED) is 0.215. The third-order valence-electron chi connectivity index (χ3n) is 4.80. The molecule has 0 amide bonds. The lowest BCUT2D eigenvalue weighted by Gasteiger charge is -2.05. The Labute approximate surface area is 171 Å². The SMILES string of the molecule is C=CCCCCCc1ccc(C#Cc2ccc(OCCCCCC)cc2)cc1. The van der Waals surface area contributed by atoms with Crippen molar-refractivity contribution in [3.63, 3.8) is 0 Å². The highest BCUT2D eigenvalue weighted by atomic mass is 16.5. The van der Waals surface area contributed by atoms with Crippen LogP contribution in [0.25, 0.3) is 0 Å². The Kier molecular flexibility index (Phi) is 10.7. The van der Waals surface area contributed by atoms with Crippen molar-refractivity contribution in [2.24, 2.45) is 0 Å². The maximum absolute atomic E-state index is 5.78. The first-order valence-electron chi connectivity index (χ1n) is 10.8. The molecule has 2 aromatic carbocycles. The molecule has 1 nitrogen and oxygen atoms in total. The van der Waals surface area contributed by atoms with Crippen molar-refractivity contribution in [1.29, 1.82) is 0 Å². The van der Waals surface area contributed by atoms with E-state index in [4.69, 9.17) is 4.74 Å². The van der Waals surface area contributed by atoms with Crippen LogP contribution >= 0.6 is 0 Å². The minimum atomic E-state index is 0.797. The summed E-state index contributed by atoms with van der Waals surface area (Å²) in [4.78, 5) is 0. The van der Waals surface area contributed by atoms with E-state index in [9.17, 15) is 0 Å². The normalized spacial score (nSPS) is 10.2. The van der Waals surface area contributed by atoms with Gasteiger partial charge in [-0.25, -0.2) is 0 Å². The molecule has 2 rings (SSSR count). The summed E-state index contributed by atoms with van der Waals surface area (Å²) in [6.45, 7) is 6.79. The van der Waals surface area contributed by atoms with Gasteiger partial charge in [-0.05, 0) is 74.1 Å². The molecule has 0 aromatic heterocycles. The highest BCUT2D eigenvalue weighted by Gasteiger charge is 1.96. The minimum Gasteiger partial charge on any atom is -0.494 e. The summed E-state index contributed by atoms with van der Waals surface area (Å²) in [5.41, 5.74) is 3.47. The molecule has 0 unspecified atom stereocenters. The molecule has 0 bridgehead atoms. The van der Waals surface area contributed by atoms with Crippen LogP contribution in [0.15, 0.2) is 61.2 Å². The zero-order valence-electron chi connectivity index (χ0n) is 17.4. The van der Waals surface area contributed by atoms with Crippen molar-refractivity contribution < 1.29 is 4.74 Å². The summed E-state index contributed by atoms with van der Waals surface area (Å²) in [5, 5.41) is 0. The van der Waals surface area contributed by atoms with Crippen LogP contribution in [-0.4, -0.2) is 6.61 Å². The van der Waals surface area contributed by atoms with E-state index in [0.717, 1.165) is 42.7 Å². The van der Waals surface area contributed by atoms with Gasteiger partial charge in [0.1, 0.15) is 5.75 Å². The van der Waals surface area contributed by atoms with Gasteiger partial charge in [-0.3, -0.25) is 0 Å². The molecule has 148 valence electrons. The van der Waals surface area contributed by atoms with Gasteiger partial charge in [0.15, 0.2) is 0 Å². The van der Waals surface area contributed by atoms with Crippen molar-refractivity contribution in [2.75, 3.05) is 6.61 Å². The summed E-state index contributed by atoms with van der Waals surface area (Å²) in [7, 11) is 0. The molecule has 0 aliphatic carbocycles. The zero-order chi connectivity index (χ0) is 19.9. The molecule has 0 heterocycles. The zero-order valence-corrected chi connectivity index (χ0v) is 17.4. The second-order valence-electron chi connectivity index (χ2n) is 7.27. The third-order valence-corrected chi connectivity index (χ3v) is 4.80. The fraction of sp³-hybridized carbons (Fsp3) is 0.407. The first-order chi connectivity index (χ1) is 13.8. The fourth-order valence-electron chi connectivity index (χ4n) is 3.05. The van der Waals surface area contributed by atoms with Gasteiger partial charge in [0.2, 0.25) is 0 Å². The second kappa shape index (κ2) is 13.7. The van der Waals surface area contributed by atoms with Gasteiger partial charge in [0.05, 0.1) is 6.61 Å². The third kappa shape index (κ3) is 8.96. The average Bonchev–Trinajstić information content (AvgIpc) is 2.74. The summed E-state index contributed by atoms with van der Waals surface area (Å²) >= 11 is 0. The second-order valence-corrected chi connectivity index (χ2v) is 7.27. The van der Waals surface area contributed by atoms with E-state index < -0.39 is 0 Å². The number of rotatable bonds is 12. The summed E-state index contributed by atoms with van der Waals surface area (Å²) < 4.78 is 5.78. The highest BCUT2D eigenvalue weighted by Crippen LogP contribution is 2.13. The van der Waals surface area contributed by atoms with Gasteiger partial charge >= 0.3 is 0 Å². The van der Waals surface area contributed by atoms with E-state index in [-0.39, 0.29) is 0 Å². The molecule has 0 aliphatic rings. The maximum Gasteiger partial charge on any atom is 0.119 e. The standard InChI is InChI=1S/C27H34O/c1-3-5-7-9-10-12-24-13-15-25(16-14-24)17-18-26-19-21-27(22-20-26)28-23-11-8-6-4-2/h3,13-16,19-22H,1,4-12,23H2,2H3. The Bertz CT molecular complexity index is 729. The van der Waals surface area contributed by atoms with Crippen molar-refractivity contribution >= 4 is 0 Å². The molecule has 0 saturated heterocycles. The predicted molar refractivity (Wildman–Crippen MR) is 121 cm³/mol. The van der Waals surface area contributed by atoms with E-state index in [1.807, 2.05) is 30.3 Å². The maximum atomic E-state index is 5.78. The molecule has 0 fully saturated rings. The number of aryl methyl sites for hydroxylation is 1. The number of allylic oxidation sites excluding steroid dienone is 1. The smallest absolute Gasteiger partial charge is 0.119 e. The molecular weight excluding hydrogens is 340 g/mol. The van der Waals surface area contributed by atoms with E-state index >= 15 is 0 Å². The number of hydrogen-bond donors (Lipinski definition) is 0. The minimum absolute atomic E-state index is 0.797. The Morgan fingerprint density at radius 1 is 0.786 bits per heavy atom. The Balaban J connectivity index is 1.77. The fourth-order valence-corrected chi connectivity index (χ4v) is 3.05. The molecule has 0 N–H and O–H groups in total. The lowest BCUT2D eigenvalue weighted by Crippen LogP contribution is -1.96. The van der Waals surface area contributed by atoms with Gasteiger partial charge in [-0.15, -0.1) is 6.58 Å². The molecule has 0 spiro atoms. The van der Waals surface area contributed by atoms with Gasteiger partial charge in [-0.2, -0.15) is 0 Å². The summed E-state index contributed by atoms with van der Waals surface area (Å²) in [6, 6.07) is 16.7. The first kappa shape index (κ1) is 21.8. The number of unbranched alkanes of at least 4 members (excludes halogenated alkanes) is 6. The molecule has 0 saturated carbocycles. The van der Waals surface area contributed by atoms with Crippen LogP contribution in [0.2, 0.25) is 0 Å². The van der Waals surface area contributed by atoms with Crippen LogP contribution in [0.5, 0.6) is 5.75 Å². The Morgan fingerprint density at radius 2 is 1.43 bits per heavy atom.